The molecule has 11 nitrogen and oxygen atoms in total. The number of H-pyrrole nitrogens is 1. The fraction of sp³-hybridized carbons (Fsp3) is 0.333. The van der Waals surface area contributed by atoms with Crippen molar-refractivity contribution in [3.8, 4) is 22.5 Å². The third-order valence-electron chi connectivity index (χ3n) is 8.95. The van der Waals surface area contributed by atoms with Crippen LogP contribution in [0.5, 0.6) is 0 Å². The molecule has 12 heteroatoms. The van der Waals surface area contributed by atoms with E-state index in [9.17, 15) is 14.4 Å². The lowest BCUT2D eigenvalue weighted by Crippen LogP contribution is -2.52. The van der Waals surface area contributed by atoms with Crippen LogP contribution >= 0.6 is 0 Å². The van der Waals surface area contributed by atoms with Gasteiger partial charge in [-0.25, -0.2) is 4.39 Å². The average Bonchev–Trinajstić information content (AvgIpc) is 3.59. The molecule has 1 atom stereocenters. The number of aromatic nitrogens is 4. The Kier molecular flexibility index (Phi) is 8.65. The van der Waals surface area contributed by atoms with E-state index >= 15 is 4.39 Å². The lowest BCUT2D eigenvalue weighted by atomic mass is 9.81. The SMILES string of the molecule is NCC1CCC(C(=O)N(c2ccc(-c3nn[nH]n3)c(F)c2)[C@@H](Cc2ccc(-c3ccc4c(c3)NC(=O)CC4)cc2)C(N)=O)CC1. The number of rotatable bonds is 9. The van der Waals surface area contributed by atoms with Gasteiger partial charge in [-0.1, -0.05) is 36.4 Å². The number of fused-ring (bicyclic) bond motifs is 1. The van der Waals surface area contributed by atoms with Gasteiger partial charge < -0.3 is 16.8 Å². The molecule has 0 saturated heterocycles. The van der Waals surface area contributed by atoms with Gasteiger partial charge in [-0.05, 0) is 96.3 Å². The Hall–Kier alpha value is -4.97. The summed E-state index contributed by atoms with van der Waals surface area (Å²) in [5.41, 5.74) is 16.7. The van der Waals surface area contributed by atoms with E-state index in [1.807, 2.05) is 42.5 Å². The lowest BCUT2D eigenvalue weighted by Gasteiger charge is -2.35. The molecule has 1 saturated carbocycles. The maximum absolute atomic E-state index is 15.4. The highest BCUT2D eigenvalue weighted by Crippen LogP contribution is 2.34. The third-order valence-corrected chi connectivity index (χ3v) is 8.95. The van der Waals surface area contributed by atoms with Crippen LogP contribution in [0, 0.1) is 17.7 Å². The van der Waals surface area contributed by atoms with Crippen molar-refractivity contribution in [3.63, 3.8) is 0 Å². The molecule has 6 rings (SSSR count). The summed E-state index contributed by atoms with van der Waals surface area (Å²) >= 11 is 0. The Morgan fingerprint density at radius 3 is 2.40 bits per heavy atom. The molecule has 1 aliphatic heterocycles. The number of nitrogens with one attached hydrogen (secondary N) is 2. The summed E-state index contributed by atoms with van der Waals surface area (Å²) in [6.45, 7) is 0.563. The van der Waals surface area contributed by atoms with Crippen LogP contribution in [-0.2, 0) is 27.2 Å². The summed E-state index contributed by atoms with van der Waals surface area (Å²) in [7, 11) is 0. The zero-order valence-electron chi connectivity index (χ0n) is 24.7. The summed E-state index contributed by atoms with van der Waals surface area (Å²) in [6, 6.07) is 16.8. The second-order valence-electron chi connectivity index (χ2n) is 11.8. The summed E-state index contributed by atoms with van der Waals surface area (Å²) < 4.78 is 15.4. The number of anilines is 2. The van der Waals surface area contributed by atoms with Crippen LogP contribution < -0.4 is 21.7 Å². The number of benzene rings is 3. The molecule has 0 spiro atoms. The van der Waals surface area contributed by atoms with E-state index in [0.717, 1.165) is 40.8 Å². The highest BCUT2D eigenvalue weighted by atomic mass is 19.1. The van der Waals surface area contributed by atoms with E-state index in [0.29, 0.717) is 38.1 Å². The van der Waals surface area contributed by atoms with Crippen molar-refractivity contribution in [2.75, 3.05) is 16.8 Å². The zero-order chi connectivity index (χ0) is 31.5. The van der Waals surface area contributed by atoms with Crippen LogP contribution in [-0.4, -0.2) is 50.9 Å². The second-order valence-corrected chi connectivity index (χ2v) is 11.8. The number of carbonyl (C=O) groups is 3. The molecular weight excluding hydrogens is 575 g/mol. The molecule has 232 valence electrons. The van der Waals surface area contributed by atoms with Crippen molar-refractivity contribution in [2.45, 2.75) is 51.0 Å². The fourth-order valence-corrected chi connectivity index (χ4v) is 6.34. The topological polar surface area (TPSA) is 173 Å². The first kappa shape index (κ1) is 30.1. The van der Waals surface area contributed by atoms with Crippen molar-refractivity contribution < 1.29 is 18.8 Å². The van der Waals surface area contributed by atoms with Gasteiger partial charge in [-0.3, -0.25) is 19.3 Å². The number of primary amides is 1. The van der Waals surface area contributed by atoms with Crippen molar-refractivity contribution in [1.82, 2.24) is 20.6 Å². The molecule has 6 N–H and O–H groups in total. The van der Waals surface area contributed by atoms with Gasteiger partial charge in [-0.15, -0.1) is 10.2 Å². The van der Waals surface area contributed by atoms with Gasteiger partial charge in [-0.2, -0.15) is 5.21 Å². The van der Waals surface area contributed by atoms with E-state index in [-0.39, 0.29) is 41.2 Å². The largest absolute Gasteiger partial charge is 0.368 e. The monoisotopic (exact) mass is 610 g/mol. The minimum Gasteiger partial charge on any atom is -0.368 e. The summed E-state index contributed by atoms with van der Waals surface area (Å²) in [5, 5.41) is 16.4. The Labute approximate surface area is 259 Å². The fourth-order valence-electron chi connectivity index (χ4n) is 6.34. The number of aromatic amines is 1. The standard InChI is InChI=1S/C33H35FN8O3/c34-27-17-25(12-13-26(27)32-38-40-41-39-32)42(33(45)23-7-3-20(18-35)4-8-23)29(31(36)44)15-19-1-5-21(6-2-19)24-10-9-22-11-14-30(43)37-28(22)16-24/h1-2,5-6,9-10,12-13,16-17,20,23,29H,3-4,7-8,11,14-15,18,35H2,(H2,36,44)(H,37,43)(H,38,39,40,41)/t20?,23?,29-/m0/s1. The van der Waals surface area contributed by atoms with Crippen LogP contribution in [0.1, 0.15) is 43.2 Å². The minimum atomic E-state index is -1.06. The van der Waals surface area contributed by atoms with Gasteiger partial charge >= 0.3 is 0 Å². The Balaban J connectivity index is 1.29. The van der Waals surface area contributed by atoms with Gasteiger partial charge in [0.25, 0.3) is 0 Å². The lowest BCUT2D eigenvalue weighted by molar-refractivity contribution is -0.127. The van der Waals surface area contributed by atoms with Gasteiger partial charge in [0, 0.05) is 30.1 Å². The number of hydrogen-bond acceptors (Lipinski definition) is 7. The van der Waals surface area contributed by atoms with Gasteiger partial charge in [0.05, 0.1) is 5.56 Å². The van der Waals surface area contributed by atoms with Crippen LogP contribution in [0.4, 0.5) is 15.8 Å². The van der Waals surface area contributed by atoms with Gasteiger partial charge in [0.15, 0.2) is 0 Å². The van der Waals surface area contributed by atoms with Crippen LogP contribution in [0.2, 0.25) is 0 Å². The van der Waals surface area contributed by atoms with Gasteiger partial charge in [0.2, 0.25) is 23.5 Å². The van der Waals surface area contributed by atoms with E-state index in [4.69, 9.17) is 11.5 Å². The minimum absolute atomic E-state index is 0.00310. The summed E-state index contributed by atoms with van der Waals surface area (Å²) in [6.07, 6.45) is 4.19. The molecule has 0 bridgehead atoms. The molecule has 3 amide bonds. The molecule has 0 radical (unpaired) electrons. The first-order valence-electron chi connectivity index (χ1n) is 15.2. The first-order valence-corrected chi connectivity index (χ1v) is 15.2. The van der Waals surface area contributed by atoms with E-state index in [1.165, 1.54) is 17.0 Å². The smallest absolute Gasteiger partial charge is 0.240 e. The van der Waals surface area contributed by atoms with E-state index < -0.39 is 17.8 Å². The van der Waals surface area contributed by atoms with Crippen molar-refractivity contribution in [2.24, 2.45) is 23.3 Å². The summed E-state index contributed by atoms with van der Waals surface area (Å²) in [5.74, 6) is -1.54. The summed E-state index contributed by atoms with van der Waals surface area (Å²) in [4.78, 5) is 40.4. The van der Waals surface area contributed by atoms with E-state index in [1.54, 1.807) is 6.07 Å². The maximum atomic E-state index is 15.4. The normalized spacial score (nSPS) is 18.5. The van der Waals surface area contributed by atoms with E-state index in [2.05, 4.69) is 25.9 Å². The Morgan fingerprint density at radius 1 is 0.978 bits per heavy atom. The third kappa shape index (κ3) is 6.46. The number of amides is 3. The number of hydrogen-bond donors (Lipinski definition) is 4. The number of carbonyl (C=O) groups excluding carboxylic acids is 3. The molecule has 3 aromatic carbocycles. The van der Waals surface area contributed by atoms with Gasteiger partial charge in [0.1, 0.15) is 11.9 Å². The second kappa shape index (κ2) is 12.9. The first-order chi connectivity index (χ1) is 21.8. The molecule has 1 aliphatic carbocycles. The average molecular weight is 611 g/mol. The van der Waals surface area contributed by atoms with Crippen LogP contribution in [0.3, 0.4) is 0 Å². The molecule has 45 heavy (non-hydrogen) atoms. The Bertz CT molecular complexity index is 1700. The predicted molar refractivity (Wildman–Crippen MR) is 167 cm³/mol. The molecule has 2 heterocycles. The molecule has 1 aromatic heterocycles. The number of halogens is 1. The van der Waals surface area contributed by atoms with Crippen molar-refractivity contribution in [3.05, 3.63) is 77.6 Å². The zero-order valence-corrected chi connectivity index (χ0v) is 24.7. The molecule has 1 fully saturated rings. The highest BCUT2D eigenvalue weighted by molar-refractivity contribution is 6.02. The number of nitrogens with two attached hydrogens (primary N) is 2. The molecular formula is C33H35FN8O3. The van der Waals surface area contributed by atoms with Crippen molar-refractivity contribution in [1.29, 1.82) is 0 Å². The number of tetrazole rings is 1. The van der Waals surface area contributed by atoms with Crippen LogP contribution in [0.15, 0.2) is 60.7 Å². The maximum Gasteiger partial charge on any atom is 0.240 e. The van der Waals surface area contributed by atoms with Crippen LogP contribution in [0.25, 0.3) is 22.5 Å². The quantitative estimate of drug-likeness (QED) is 0.223. The number of aryl methyl sites for hydroxylation is 1. The van der Waals surface area contributed by atoms with Crippen molar-refractivity contribution >= 4 is 29.1 Å². The predicted octanol–water partition coefficient (Wildman–Crippen LogP) is 3.75. The molecule has 4 aromatic rings. The Morgan fingerprint density at radius 2 is 1.73 bits per heavy atom. The highest BCUT2D eigenvalue weighted by Gasteiger charge is 2.36. The molecule has 0 unspecified atom stereocenters. The molecule has 2 aliphatic rings. The number of nitrogens with zero attached hydrogens (tertiary/aromatic N) is 4.